The number of benzene rings is 2. The van der Waals surface area contributed by atoms with Crippen molar-refractivity contribution in [3.8, 4) is 5.69 Å². The number of aromatic amines is 1. The molecule has 0 saturated heterocycles. The quantitative estimate of drug-likeness (QED) is 0.747. The summed E-state index contributed by atoms with van der Waals surface area (Å²) in [5.74, 6) is 0. The van der Waals surface area contributed by atoms with Gasteiger partial charge in [-0.25, -0.2) is 9.48 Å². The van der Waals surface area contributed by atoms with Crippen LogP contribution < -0.4 is 10.9 Å². The molecule has 1 aromatic heterocycles. The van der Waals surface area contributed by atoms with Gasteiger partial charge in [0.15, 0.2) is 0 Å². The van der Waals surface area contributed by atoms with Gasteiger partial charge in [-0.1, -0.05) is 30.3 Å². The summed E-state index contributed by atoms with van der Waals surface area (Å²) in [6.45, 7) is 2.86. The molecule has 0 radical (unpaired) electrons. The van der Waals surface area contributed by atoms with Crippen LogP contribution in [-0.2, 0) is 13.0 Å². The van der Waals surface area contributed by atoms with Crippen molar-refractivity contribution in [2.45, 2.75) is 19.9 Å². The first-order valence-electron chi connectivity index (χ1n) is 8.62. The lowest BCUT2D eigenvalue weighted by Crippen LogP contribution is -2.40. The van der Waals surface area contributed by atoms with Crippen molar-refractivity contribution in [2.75, 3.05) is 11.9 Å². The number of carbonyl (C=O) groups excluding carboxylic acids is 1. The van der Waals surface area contributed by atoms with Gasteiger partial charge in [0.2, 0.25) is 0 Å². The van der Waals surface area contributed by atoms with Gasteiger partial charge in [-0.05, 0) is 36.8 Å². The second-order valence-corrected chi connectivity index (χ2v) is 6.52. The molecule has 1 aliphatic rings. The molecule has 2 aromatic carbocycles. The van der Waals surface area contributed by atoms with E-state index in [1.54, 1.807) is 9.58 Å². The van der Waals surface area contributed by atoms with Crippen molar-refractivity contribution in [2.24, 2.45) is 0 Å². The van der Waals surface area contributed by atoms with Gasteiger partial charge in [-0.15, -0.1) is 0 Å². The predicted octanol–water partition coefficient (Wildman–Crippen LogP) is 3.06. The number of aromatic nitrogens is 2. The van der Waals surface area contributed by atoms with Crippen LogP contribution in [0.5, 0.6) is 0 Å². The van der Waals surface area contributed by atoms with Crippen molar-refractivity contribution in [3.63, 3.8) is 0 Å². The number of rotatable bonds is 2. The average Bonchev–Trinajstić information content (AvgIpc) is 2.99. The van der Waals surface area contributed by atoms with E-state index in [1.807, 2.05) is 61.5 Å². The first kappa shape index (κ1) is 16.2. The molecule has 0 aliphatic carbocycles. The molecule has 1 aliphatic heterocycles. The number of anilines is 1. The van der Waals surface area contributed by atoms with Gasteiger partial charge in [-0.2, -0.15) is 0 Å². The van der Waals surface area contributed by atoms with E-state index in [1.165, 1.54) is 0 Å². The van der Waals surface area contributed by atoms with Crippen LogP contribution in [0.3, 0.4) is 0 Å². The highest BCUT2D eigenvalue weighted by Gasteiger charge is 2.26. The second kappa shape index (κ2) is 6.55. The lowest BCUT2D eigenvalue weighted by molar-refractivity contribution is 0.206. The summed E-state index contributed by atoms with van der Waals surface area (Å²) in [7, 11) is 0. The SMILES string of the molecule is Cc1cccc(NC(=O)N2CCc3[nH]n(-c4ccccc4)c(=O)c3C2)c1. The number of amides is 2. The van der Waals surface area contributed by atoms with Crippen LogP contribution >= 0.6 is 0 Å². The fraction of sp³-hybridized carbons (Fsp3) is 0.200. The number of fused-ring (bicyclic) bond motifs is 1. The Bertz CT molecular complexity index is 1000. The number of H-pyrrole nitrogens is 1. The Labute approximate surface area is 151 Å². The van der Waals surface area contributed by atoms with Crippen LogP contribution in [0.15, 0.2) is 59.4 Å². The molecule has 0 unspecified atom stereocenters. The zero-order valence-electron chi connectivity index (χ0n) is 14.5. The van der Waals surface area contributed by atoms with Crippen LogP contribution in [0.1, 0.15) is 16.8 Å². The fourth-order valence-electron chi connectivity index (χ4n) is 3.26. The number of aryl methyl sites for hydroxylation is 1. The van der Waals surface area contributed by atoms with Gasteiger partial charge in [0, 0.05) is 24.3 Å². The Morgan fingerprint density at radius 1 is 1.12 bits per heavy atom. The third kappa shape index (κ3) is 3.01. The fourth-order valence-corrected chi connectivity index (χ4v) is 3.26. The van der Waals surface area contributed by atoms with E-state index in [0.717, 1.165) is 22.6 Å². The van der Waals surface area contributed by atoms with Gasteiger partial charge in [0.05, 0.1) is 17.8 Å². The number of urea groups is 1. The number of carbonyl (C=O) groups is 1. The smallest absolute Gasteiger partial charge is 0.320 e. The summed E-state index contributed by atoms with van der Waals surface area (Å²) in [4.78, 5) is 27.0. The van der Waals surface area contributed by atoms with Gasteiger partial charge in [0.1, 0.15) is 0 Å². The third-order valence-corrected chi connectivity index (χ3v) is 4.62. The van der Waals surface area contributed by atoms with E-state index >= 15 is 0 Å². The molecular formula is C20H20N4O2. The Morgan fingerprint density at radius 2 is 1.92 bits per heavy atom. The first-order chi connectivity index (χ1) is 12.6. The summed E-state index contributed by atoms with van der Waals surface area (Å²) >= 11 is 0. The molecule has 0 atom stereocenters. The number of nitrogens with one attached hydrogen (secondary N) is 2. The molecule has 0 saturated carbocycles. The topological polar surface area (TPSA) is 70.1 Å². The molecule has 6 heteroatoms. The normalized spacial score (nSPS) is 13.3. The van der Waals surface area contributed by atoms with Gasteiger partial charge in [-0.3, -0.25) is 9.89 Å². The Kier molecular flexibility index (Phi) is 4.08. The monoisotopic (exact) mass is 348 g/mol. The van der Waals surface area contributed by atoms with E-state index < -0.39 is 0 Å². The maximum Gasteiger partial charge on any atom is 0.322 e. The third-order valence-electron chi connectivity index (χ3n) is 4.62. The Morgan fingerprint density at radius 3 is 2.69 bits per heavy atom. The summed E-state index contributed by atoms with van der Waals surface area (Å²) in [5.41, 5.74) is 4.09. The maximum absolute atomic E-state index is 12.8. The minimum atomic E-state index is -0.187. The molecule has 0 bridgehead atoms. The zero-order valence-corrected chi connectivity index (χ0v) is 14.5. The standard InChI is InChI=1S/C20H20N4O2/c1-14-6-5-7-15(12-14)21-20(26)23-11-10-18-17(13-23)19(25)24(22-18)16-8-3-2-4-9-16/h2-9,12,22H,10-11,13H2,1H3,(H,21,26). The number of hydrogen-bond donors (Lipinski definition) is 2. The van der Waals surface area contributed by atoms with Crippen molar-refractivity contribution in [1.29, 1.82) is 0 Å². The molecular weight excluding hydrogens is 328 g/mol. The zero-order chi connectivity index (χ0) is 18.1. The lowest BCUT2D eigenvalue weighted by atomic mass is 10.1. The number of nitrogens with zero attached hydrogens (tertiary/aromatic N) is 2. The van der Waals surface area contributed by atoms with Crippen LogP contribution in [0.25, 0.3) is 5.69 Å². The molecule has 0 fully saturated rings. The van der Waals surface area contributed by atoms with E-state index in [0.29, 0.717) is 25.1 Å². The van der Waals surface area contributed by atoms with Crippen LogP contribution in [0, 0.1) is 6.92 Å². The first-order valence-corrected chi connectivity index (χ1v) is 8.62. The second-order valence-electron chi connectivity index (χ2n) is 6.52. The van der Waals surface area contributed by atoms with Crippen LogP contribution in [0.4, 0.5) is 10.5 Å². The van der Waals surface area contributed by atoms with E-state index in [-0.39, 0.29) is 11.6 Å². The average molecular weight is 348 g/mol. The maximum atomic E-state index is 12.8. The highest BCUT2D eigenvalue weighted by Crippen LogP contribution is 2.18. The van der Waals surface area contributed by atoms with Gasteiger partial charge >= 0.3 is 6.03 Å². The summed E-state index contributed by atoms with van der Waals surface area (Å²) in [6.07, 6.45) is 0.631. The molecule has 132 valence electrons. The molecule has 2 amide bonds. The van der Waals surface area contributed by atoms with Crippen LogP contribution in [0.2, 0.25) is 0 Å². The summed E-state index contributed by atoms with van der Waals surface area (Å²) in [5, 5.41) is 6.09. The predicted molar refractivity (Wildman–Crippen MR) is 101 cm³/mol. The number of para-hydroxylation sites is 1. The highest BCUT2D eigenvalue weighted by atomic mass is 16.2. The molecule has 2 N–H and O–H groups in total. The molecule has 6 nitrogen and oxygen atoms in total. The minimum absolute atomic E-state index is 0.0979. The van der Waals surface area contributed by atoms with Crippen molar-refractivity contribution < 1.29 is 4.79 Å². The van der Waals surface area contributed by atoms with E-state index in [9.17, 15) is 9.59 Å². The summed E-state index contributed by atoms with van der Waals surface area (Å²) < 4.78 is 1.55. The molecule has 0 spiro atoms. The molecule has 2 heterocycles. The lowest BCUT2D eigenvalue weighted by Gasteiger charge is -2.26. The van der Waals surface area contributed by atoms with E-state index in [4.69, 9.17) is 0 Å². The van der Waals surface area contributed by atoms with E-state index in [2.05, 4.69) is 10.4 Å². The van der Waals surface area contributed by atoms with Crippen molar-refractivity contribution >= 4 is 11.7 Å². The minimum Gasteiger partial charge on any atom is -0.320 e. The van der Waals surface area contributed by atoms with Gasteiger partial charge < -0.3 is 10.2 Å². The van der Waals surface area contributed by atoms with Crippen LogP contribution in [-0.4, -0.2) is 27.3 Å². The highest BCUT2D eigenvalue weighted by molar-refractivity contribution is 5.89. The Hall–Kier alpha value is -3.28. The molecule has 26 heavy (non-hydrogen) atoms. The largest absolute Gasteiger partial charge is 0.322 e. The Balaban J connectivity index is 1.55. The summed E-state index contributed by atoms with van der Waals surface area (Å²) in [6, 6.07) is 16.9. The molecule has 3 aromatic rings. The van der Waals surface area contributed by atoms with Gasteiger partial charge in [0.25, 0.3) is 5.56 Å². The molecule has 4 rings (SSSR count). The van der Waals surface area contributed by atoms with Crippen molar-refractivity contribution in [3.05, 3.63) is 81.8 Å². The van der Waals surface area contributed by atoms with Crippen molar-refractivity contribution in [1.82, 2.24) is 14.7 Å². The number of hydrogen-bond acceptors (Lipinski definition) is 2.